The maximum Gasteiger partial charge on any atom is 0.235 e. The molecule has 140 valence electrons. The van der Waals surface area contributed by atoms with Crippen LogP contribution in [0.3, 0.4) is 0 Å². The molecule has 0 amide bonds. The first-order valence-electron chi connectivity index (χ1n) is 8.12. The van der Waals surface area contributed by atoms with Crippen molar-refractivity contribution < 1.29 is 28.5 Å². The monoisotopic (exact) mass is 369 g/mol. The number of carboxylic acid groups (broad SMARTS) is 1. The van der Waals surface area contributed by atoms with E-state index in [2.05, 4.69) is 0 Å². The Bertz CT molecular complexity index is 1050. The van der Waals surface area contributed by atoms with E-state index < -0.39 is 17.5 Å². The fraction of sp³-hybridized carbons (Fsp3) is 0.200. The molecule has 0 spiro atoms. The Morgan fingerprint density at radius 1 is 1.07 bits per heavy atom. The van der Waals surface area contributed by atoms with Crippen molar-refractivity contribution >= 4 is 16.9 Å². The SMILES string of the molecule is COc1ccc(-c2oc3ccccc3c(=O)c2O[C@H](C)C(=O)[O-])cc1OC. The lowest BCUT2D eigenvalue weighted by molar-refractivity contribution is -0.312. The van der Waals surface area contributed by atoms with Crippen LogP contribution in [0.2, 0.25) is 0 Å². The third-order valence-corrected chi connectivity index (χ3v) is 4.03. The zero-order valence-corrected chi connectivity index (χ0v) is 15.0. The van der Waals surface area contributed by atoms with Crippen molar-refractivity contribution in [3.63, 3.8) is 0 Å². The Balaban J connectivity index is 2.27. The van der Waals surface area contributed by atoms with Crippen LogP contribution in [0.15, 0.2) is 51.7 Å². The van der Waals surface area contributed by atoms with Crippen LogP contribution in [-0.2, 0) is 4.79 Å². The fourth-order valence-corrected chi connectivity index (χ4v) is 2.62. The van der Waals surface area contributed by atoms with Crippen LogP contribution in [-0.4, -0.2) is 26.3 Å². The van der Waals surface area contributed by atoms with Gasteiger partial charge in [-0.05, 0) is 37.3 Å². The van der Waals surface area contributed by atoms with Gasteiger partial charge in [-0.3, -0.25) is 4.79 Å². The Morgan fingerprint density at radius 3 is 2.44 bits per heavy atom. The van der Waals surface area contributed by atoms with Crippen molar-refractivity contribution in [2.24, 2.45) is 0 Å². The second-order valence-electron chi connectivity index (χ2n) is 5.73. The minimum atomic E-state index is -1.44. The number of methoxy groups -OCH3 is 2. The number of rotatable bonds is 6. The first-order chi connectivity index (χ1) is 13.0. The summed E-state index contributed by atoms with van der Waals surface area (Å²) in [4.78, 5) is 24.0. The number of hydrogen-bond donors (Lipinski definition) is 0. The molecule has 0 unspecified atom stereocenters. The Labute approximate surface area is 154 Å². The van der Waals surface area contributed by atoms with Crippen LogP contribution in [0.5, 0.6) is 17.2 Å². The molecule has 0 aliphatic carbocycles. The van der Waals surface area contributed by atoms with E-state index in [1.54, 1.807) is 42.5 Å². The minimum Gasteiger partial charge on any atom is -0.546 e. The van der Waals surface area contributed by atoms with Gasteiger partial charge in [0.1, 0.15) is 11.7 Å². The standard InChI is InChI=1S/C20H18O7/c1-11(20(22)23)26-19-17(21)13-6-4-5-7-14(13)27-18(19)12-8-9-15(24-2)16(10-12)25-3/h4-11H,1-3H3,(H,22,23)/p-1/t11-/m1/s1. The van der Waals surface area contributed by atoms with Crippen molar-refractivity contribution in [2.75, 3.05) is 14.2 Å². The van der Waals surface area contributed by atoms with Crippen molar-refractivity contribution in [3.8, 4) is 28.6 Å². The summed E-state index contributed by atoms with van der Waals surface area (Å²) in [6, 6.07) is 11.6. The summed E-state index contributed by atoms with van der Waals surface area (Å²) in [6.07, 6.45) is -1.34. The average molecular weight is 369 g/mol. The first-order valence-corrected chi connectivity index (χ1v) is 8.12. The van der Waals surface area contributed by atoms with Crippen molar-refractivity contribution in [2.45, 2.75) is 13.0 Å². The number of hydrogen-bond acceptors (Lipinski definition) is 7. The molecule has 0 bridgehead atoms. The molecule has 0 saturated carbocycles. The molecule has 1 aromatic heterocycles. The Kier molecular flexibility index (Phi) is 5.03. The van der Waals surface area contributed by atoms with E-state index in [0.717, 1.165) is 0 Å². The highest BCUT2D eigenvalue weighted by atomic mass is 16.5. The average Bonchev–Trinajstić information content (AvgIpc) is 2.69. The molecule has 3 rings (SSSR count). The summed E-state index contributed by atoms with van der Waals surface area (Å²) in [7, 11) is 2.98. The summed E-state index contributed by atoms with van der Waals surface area (Å²) in [5.41, 5.74) is 0.339. The number of carboxylic acids is 1. The molecule has 0 fully saturated rings. The second-order valence-corrected chi connectivity index (χ2v) is 5.73. The molecule has 0 saturated heterocycles. The van der Waals surface area contributed by atoms with Gasteiger partial charge in [0, 0.05) is 5.56 Å². The molecule has 7 nitrogen and oxygen atoms in total. The van der Waals surface area contributed by atoms with Gasteiger partial charge in [-0.25, -0.2) is 0 Å². The summed E-state index contributed by atoms with van der Waals surface area (Å²) < 4.78 is 21.8. The molecule has 27 heavy (non-hydrogen) atoms. The lowest BCUT2D eigenvalue weighted by atomic mass is 10.1. The third-order valence-electron chi connectivity index (χ3n) is 4.03. The van der Waals surface area contributed by atoms with Crippen LogP contribution in [0.25, 0.3) is 22.3 Å². The molecular weight excluding hydrogens is 352 g/mol. The van der Waals surface area contributed by atoms with Gasteiger partial charge in [0.15, 0.2) is 17.3 Å². The molecule has 2 aromatic carbocycles. The van der Waals surface area contributed by atoms with E-state index in [0.29, 0.717) is 22.6 Å². The van der Waals surface area contributed by atoms with Gasteiger partial charge in [-0.1, -0.05) is 12.1 Å². The Hall–Kier alpha value is -3.48. The predicted octanol–water partition coefficient (Wildman–Crippen LogP) is 1.99. The van der Waals surface area contributed by atoms with Gasteiger partial charge in [0.05, 0.1) is 25.6 Å². The van der Waals surface area contributed by atoms with Gasteiger partial charge in [-0.15, -0.1) is 0 Å². The molecule has 1 atom stereocenters. The maximum absolute atomic E-state index is 12.9. The number of carbonyl (C=O) groups is 1. The predicted molar refractivity (Wildman–Crippen MR) is 96.1 cm³/mol. The van der Waals surface area contributed by atoms with Crippen LogP contribution in [0.1, 0.15) is 6.92 Å². The summed E-state index contributed by atoms with van der Waals surface area (Å²) in [6.45, 7) is 1.28. The third kappa shape index (κ3) is 3.44. The zero-order valence-electron chi connectivity index (χ0n) is 15.0. The zero-order chi connectivity index (χ0) is 19.6. The minimum absolute atomic E-state index is 0.0905. The summed E-state index contributed by atoms with van der Waals surface area (Å²) >= 11 is 0. The van der Waals surface area contributed by atoms with Crippen molar-refractivity contribution in [1.82, 2.24) is 0 Å². The highest BCUT2D eigenvalue weighted by Crippen LogP contribution is 2.36. The number of para-hydroxylation sites is 1. The van der Waals surface area contributed by atoms with Gasteiger partial charge in [-0.2, -0.15) is 0 Å². The highest BCUT2D eigenvalue weighted by Gasteiger charge is 2.21. The number of benzene rings is 2. The van der Waals surface area contributed by atoms with Crippen LogP contribution < -0.4 is 24.7 Å². The molecule has 0 radical (unpaired) electrons. The quantitative estimate of drug-likeness (QED) is 0.655. The first kappa shape index (κ1) is 18.3. The van der Waals surface area contributed by atoms with E-state index >= 15 is 0 Å². The van der Waals surface area contributed by atoms with Crippen LogP contribution in [0.4, 0.5) is 0 Å². The number of ether oxygens (including phenoxy) is 3. The molecule has 3 aromatic rings. The van der Waals surface area contributed by atoms with Gasteiger partial charge < -0.3 is 28.5 Å². The number of fused-ring (bicyclic) bond motifs is 1. The van der Waals surface area contributed by atoms with Gasteiger partial charge in [0.25, 0.3) is 0 Å². The topological polar surface area (TPSA) is 98.0 Å². The summed E-state index contributed by atoms with van der Waals surface area (Å²) in [5, 5.41) is 11.4. The maximum atomic E-state index is 12.9. The molecule has 0 N–H and O–H groups in total. The lowest BCUT2D eigenvalue weighted by Crippen LogP contribution is -2.38. The highest BCUT2D eigenvalue weighted by molar-refractivity contribution is 5.82. The number of aliphatic carboxylic acids is 1. The molecule has 7 heteroatoms. The summed E-state index contributed by atoms with van der Waals surface area (Å²) in [5.74, 6) is -0.647. The fourth-order valence-electron chi connectivity index (χ4n) is 2.62. The smallest absolute Gasteiger partial charge is 0.235 e. The van der Waals surface area contributed by atoms with Gasteiger partial charge in [0.2, 0.25) is 11.2 Å². The second kappa shape index (κ2) is 7.41. The normalized spacial score (nSPS) is 11.8. The molecular formula is C20H17O7-. The van der Waals surface area contributed by atoms with E-state index in [-0.39, 0.29) is 16.9 Å². The van der Waals surface area contributed by atoms with Crippen LogP contribution in [0, 0.1) is 0 Å². The lowest BCUT2D eigenvalue weighted by Gasteiger charge is -2.18. The van der Waals surface area contributed by atoms with E-state index in [1.807, 2.05) is 0 Å². The van der Waals surface area contributed by atoms with Gasteiger partial charge >= 0.3 is 0 Å². The van der Waals surface area contributed by atoms with E-state index in [9.17, 15) is 14.7 Å². The van der Waals surface area contributed by atoms with Crippen molar-refractivity contribution in [3.05, 3.63) is 52.7 Å². The molecule has 0 aliphatic heterocycles. The van der Waals surface area contributed by atoms with Crippen molar-refractivity contribution in [1.29, 1.82) is 0 Å². The molecule has 1 heterocycles. The largest absolute Gasteiger partial charge is 0.546 e. The molecule has 0 aliphatic rings. The Morgan fingerprint density at radius 2 is 1.78 bits per heavy atom. The van der Waals surface area contributed by atoms with E-state index in [1.165, 1.54) is 21.1 Å². The number of carbonyl (C=O) groups excluding carboxylic acids is 1. The van der Waals surface area contributed by atoms with Crippen LogP contribution >= 0.6 is 0 Å². The van der Waals surface area contributed by atoms with E-state index in [4.69, 9.17) is 18.6 Å².